The maximum absolute atomic E-state index is 13.0. The van der Waals surface area contributed by atoms with Crippen LogP contribution in [0, 0.1) is 0 Å². The molecule has 1 aliphatic rings. The fourth-order valence-electron chi connectivity index (χ4n) is 4.11. The number of nitrogens with zero attached hydrogens (tertiary/aromatic N) is 4. The molecule has 1 fully saturated rings. The molecular formula is C25H31N5O3. The van der Waals surface area contributed by atoms with Crippen LogP contribution in [0.5, 0.6) is 5.75 Å². The van der Waals surface area contributed by atoms with Gasteiger partial charge in [0, 0.05) is 31.7 Å². The van der Waals surface area contributed by atoms with Crippen molar-refractivity contribution in [2.24, 2.45) is 7.05 Å². The Morgan fingerprint density at radius 2 is 1.91 bits per heavy atom. The molecule has 0 aliphatic carbocycles. The van der Waals surface area contributed by atoms with Crippen LogP contribution in [0.4, 0.5) is 10.5 Å². The topological polar surface area (TPSA) is 81.4 Å². The van der Waals surface area contributed by atoms with E-state index in [1.54, 1.807) is 16.5 Å². The number of para-hydroxylation sites is 1. The number of carbonyl (C=O) groups excluding carboxylic acids is 1. The summed E-state index contributed by atoms with van der Waals surface area (Å²) in [6.45, 7) is 4.00. The molecule has 2 aromatic carbocycles. The van der Waals surface area contributed by atoms with Crippen molar-refractivity contribution in [1.29, 1.82) is 0 Å². The standard InChI is InChI=1S/C25H31N5O3/c1-3-4-17-33-22-14-12-20(13-15-22)26-24(31)29-16-8-9-19(18-29)23-27-28(2)25(32)30(23)21-10-6-5-7-11-21/h5-7,10-15,19H,3-4,8-9,16-18H2,1-2H3,(H,26,31). The number of hydrogen-bond acceptors (Lipinski definition) is 4. The van der Waals surface area contributed by atoms with Gasteiger partial charge in [-0.1, -0.05) is 31.5 Å². The van der Waals surface area contributed by atoms with Crippen molar-refractivity contribution in [2.75, 3.05) is 25.0 Å². The summed E-state index contributed by atoms with van der Waals surface area (Å²) in [5, 5.41) is 7.50. The third-order valence-electron chi connectivity index (χ3n) is 5.91. The molecule has 174 valence electrons. The quantitative estimate of drug-likeness (QED) is 0.549. The highest BCUT2D eigenvalue weighted by atomic mass is 16.5. The molecule has 8 heteroatoms. The van der Waals surface area contributed by atoms with E-state index in [4.69, 9.17) is 4.74 Å². The van der Waals surface area contributed by atoms with Crippen molar-refractivity contribution in [3.8, 4) is 11.4 Å². The maximum Gasteiger partial charge on any atom is 0.350 e. The van der Waals surface area contributed by atoms with Gasteiger partial charge in [-0.2, -0.15) is 5.10 Å². The van der Waals surface area contributed by atoms with Gasteiger partial charge in [0.05, 0.1) is 12.3 Å². The number of benzene rings is 2. The Labute approximate surface area is 193 Å². The molecule has 1 aliphatic heterocycles. The van der Waals surface area contributed by atoms with Crippen LogP contribution >= 0.6 is 0 Å². The number of ether oxygens (including phenoxy) is 1. The molecule has 0 bridgehead atoms. The molecule has 8 nitrogen and oxygen atoms in total. The summed E-state index contributed by atoms with van der Waals surface area (Å²) in [5.74, 6) is 1.47. The lowest BCUT2D eigenvalue weighted by Gasteiger charge is -2.32. The second-order valence-corrected chi connectivity index (χ2v) is 8.38. The van der Waals surface area contributed by atoms with Crippen LogP contribution in [-0.2, 0) is 7.05 Å². The van der Waals surface area contributed by atoms with Gasteiger partial charge in [0.25, 0.3) is 0 Å². The number of amides is 2. The van der Waals surface area contributed by atoms with Gasteiger partial charge >= 0.3 is 11.7 Å². The molecule has 3 aromatic rings. The van der Waals surface area contributed by atoms with Crippen LogP contribution < -0.4 is 15.7 Å². The molecule has 1 atom stereocenters. The van der Waals surface area contributed by atoms with Gasteiger partial charge in [0.2, 0.25) is 0 Å². The number of unbranched alkanes of at least 4 members (excludes halogenated alkanes) is 1. The Balaban J connectivity index is 1.45. The van der Waals surface area contributed by atoms with Crippen molar-refractivity contribution in [2.45, 2.75) is 38.5 Å². The number of anilines is 1. The minimum Gasteiger partial charge on any atom is -0.494 e. The van der Waals surface area contributed by atoms with Gasteiger partial charge in [-0.3, -0.25) is 0 Å². The van der Waals surface area contributed by atoms with Gasteiger partial charge in [-0.25, -0.2) is 18.8 Å². The van der Waals surface area contributed by atoms with E-state index in [9.17, 15) is 9.59 Å². The zero-order chi connectivity index (χ0) is 23.2. The maximum atomic E-state index is 13.0. The fraction of sp³-hybridized carbons (Fsp3) is 0.400. The predicted octanol–water partition coefficient (Wildman–Crippen LogP) is 4.16. The zero-order valence-corrected chi connectivity index (χ0v) is 19.2. The monoisotopic (exact) mass is 449 g/mol. The van der Waals surface area contributed by atoms with Gasteiger partial charge in [-0.15, -0.1) is 0 Å². The van der Waals surface area contributed by atoms with Crippen LogP contribution in [0.1, 0.15) is 44.3 Å². The molecule has 0 saturated carbocycles. The number of hydrogen-bond donors (Lipinski definition) is 1. The van der Waals surface area contributed by atoms with Crippen LogP contribution in [0.15, 0.2) is 59.4 Å². The lowest BCUT2D eigenvalue weighted by Crippen LogP contribution is -2.42. The smallest absolute Gasteiger partial charge is 0.350 e. The fourth-order valence-corrected chi connectivity index (χ4v) is 4.11. The summed E-state index contributed by atoms with van der Waals surface area (Å²) in [6, 6.07) is 16.8. The van der Waals surface area contributed by atoms with E-state index in [-0.39, 0.29) is 17.6 Å². The van der Waals surface area contributed by atoms with Crippen LogP contribution in [0.3, 0.4) is 0 Å². The summed E-state index contributed by atoms with van der Waals surface area (Å²) in [4.78, 5) is 27.5. The third-order valence-corrected chi connectivity index (χ3v) is 5.91. The summed E-state index contributed by atoms with van der Waals surface area (Å²) < 4.78 is 8.71. The summed E-state index contributed by atoms with van der Waals surface area (Å²) >= 11 is 0. The van der Waals surface area contributed by atoms with Crippen molar-refractivity contribution in [3.05, 3.63) is 70.9 Å². The average molecular weight is 450 g/mol. The number of piperidine rings is 1. The highest BCUT2D eigenvalue weighted by Crippen LogP contribution is 2.27. The minimum absolute atomic E-state index is 0.0204. The zero-order valence-electron chi connectivity index (χ0n) is 19.2. The highest BCUT2D eigenvalue weighted by Gasteiger charge is 2.29. The molecule has 1 N–H and O–H groups in total. The lowest BCUT2D eigenvalue weighted by atomic mass is 9.97. The molecule has 0 radical (unpaired) electrons. The van der Waals surface area contributed by atoms with Crippen LogP contribution in [-0.4, -0.2) is 45.0 Å². The Bertz CT molecular complexity index is 1120. The Morgan fingerprint density at radius 3 is 2.64 bits per heavy atom. The molecule has 2 heterocycles. The molecule has 33 heavy (non-hydrogen) atoms. The molecule has 1 unspecified atom stereocenters. The SMILES string of the molecule is CCCCOc1ccc(NC(=O)N2CCCC(c3nn(C)c(=O)n3-c3ccccc3)C2)cc1. The Hall–Kier alpha value is -3.55. The lowest BCUT2D eigenvalue weighted by molar-refractivity contribution is 0.191. The third kappa shape index (κ3) is 5.27. The second kappa shape index (κ2) is 10.4. The number of aryl methyl sites for hydroxylation is 1. The minimum atomic E-state index is -0.181. The molecule has 1 saturated heterocycles. The van der Waals surface area contributed by atoms with Gasteiger partial charge in [-0.05, 0) is 55.7 Å². The summed E-state index contributed by atoms with van der Waals surface area (Å²) in [5.41, 5.74) is 1.33. The van der Waals surface area contributed by atoms with Crippen molar-refractivity contribution in [3.63, 3.8) is 0 Å². The average Bonchev–Trinajstić information content (AvgIpc) is 3.15. The first-order valence-corrected chi connectivity index (χ1v) is 11.6. The normalized spacial score (nSPS) is 15.9. The van der Waals surface area contributed by atoms with E-state index in [0.29, 0.717) is 25.5 Å². The molecule has 4 rings (SSSR count). The highest BCUT2D eigenvalue weighted by molar-refractivity contribution is 5.89. The van der Waals surface area contributed by atoms with Crippen molar-refractivity contribution in [1.82, 2.24) is 19.2 Å². The first kappa shape index (κ1) is 22.6. The van der Waals surface area contributed by atoms with E-state index in [1.807, 2.05) is 54.6 Å². The van der Waals surface area contributed by atoms with Crippen molar-refractivity contribution >= 4 is 11.7 Å². The van der Waals surface area contributed by atoms with Crippen LogP contribution in [0.2, 0.25) is 0 Å². The second-order valence-electron chi connectivity index (χ2n) is 8.38. The number of urea groups is 1. The molecule has 2 amide bonds. The number of nitrogens with one attached hydrogen (secondary N) is 1. The number of rotatable bonds is 7. The number of aromatic nitrogens is 3. The summed E-state index contributed by atoms with van der Waals surface area (Å²) in [7, 11) is 1.66. The predicted molar refractivity (Wildman–Crippen MR) is 128 cm³/mol. The Kier molecular flexibility index (Phi) is 7.12. The molecule has 1 aromatic heterocycles. The van der Waals surface area contributed by atoms with Gasteiger partial charge in [0.1, 0.15) is 11.6 Å². The van der Waals surface area contributed by atoms with E-state index in [0.717, 1.165) is 42.8 Å². The van der Waals surface area contributed by atoms with E-state index in [1.165, 1.54) is 4.68 Å². The summed E-state index contributed by atoms with van der Waals surface area (Å²) in [6.07, 6.45) is 3.83. The van der Waals surface area contributed by atoms with Crippen molar-refractivity contribution < 1.29 is 9.53 Å². The first-order valence-electron chi connectivity index (χ1n) is 11.6. The van der Waals surface area contributed by atoms with E-state index < -0.39 is 0 Å². The first-order chi connectivity index (χ1) is 16.1. The Morgan fingerprint density at radius 1 is 1.15 bits per heavy atom. The molecular weight excluding hydrogens is 418 g/mol. The molecule has 0 spiro atoms. The largest absolute Gasteiger partial charge is 0.494 e. The number of carbonyl (C=O) groups is 1. The van der Waals surface area contributed by atoms with Gasteiger partial charge < -0.3 is 15.0 Å². The van der Waals surface area contributed by atoms with E-state index in [2.05, 4.69) is 17.3 Å². The van der Waals surface area contributed by atoms with E-state index >= 15 is 0 Å². The van der Waals surface area contributed by atoms with Crippen LogP contribution in [0.25, 0.3) is 5.69 Å². The van der Waals surface area contributed by atoms with Gasteiger partial charge in [0.15, 0.2) is 0 Å². The number of likely N-dealkylation sites (tertiary alicyclic amines) is 1.